The number of benzene rings is 1. The number of aromatic nitrogens is 1. The monoisotopic (exact) mass is 215 g/mol. The number of nitrogen functional groups attached to an aromatic ring is 1. The van der Waals surface area contributed by atoms with Crippen LogP contribution in [0.2, 0.25) is 0 Å². The highest BCUT2D eigenvalue weighted by atomic mass is 16.3. The lowest BCUT2D eigenvalue weighted by Gasteiger charge is -2.02. The minimum atomic E-state index is 0.0648. The molecule has 0 unspecified atom stereocenters. The van der Waals surface area contributed by atoms with E-state index in [-0.39, 0.29) is 11.6 Å². The number of phenolic OH excluding ortho intramolecular Hbond substituents is 1. The second kappa shape index (κ2) is 3.73. The molecule has 0 fully saturated rings. The highest BCUT2D eigenvalue weighted by Crippen LogP contribution is 2.17. The third-order valence-corrected chi connectivity index (χ3v) is 2.46. The lowest BCUT2D eigenvalue weighted by atomic mass is 10.2. The normalized spacial score (nSPS) is 10.3. The first-order valence-electron chi connectivity index (χ1n) is 4.90. The Labute approximate surface area is 93.5 Å². The van der Waals surface area contributed by atoms with Crippen LogP contribution in [-0.2, 0) is 0 Å². The van der Waals surface area contributed by atoms with Gasteiger partial charge in [0, 0.05) is 23.6 Å². The van der Waals surface area contributed by atoms with Crippen LogP contribution in [0.1, 0.15) is 11.1 Å². The molecule has 0 aliphatic rings. The predicted octanol–water partition coefficient (Wildman–Crippen LogP) is 1.78. The maximum absolute atomic E-state index is 9.19. The van der Waals surface area contributed by atoms with Crippen molar-refractivity contribution in [1.29, 1.82) is 5.41 Å². The van der Waals surface area contributed by atoms with Gasteiger partial charge in [0.15, 0.2) is 0 Å². The molecule has 0 aliphatic heterocycles. The molecular weight excluding hydrogens is 202 g/mol. The fourth-order valence-electron chi connectivity index (χ4n) is 1.61. The van der Waals surface area contributed by atoms with Gasteiger partial charge in [-0.25, -0.2) is 0 Å². The van der Waals surface area contributed by atoms with Crippen molar-refractivity contribution in [3.05, 3.63) is 47.8 Å². The molecule has 4 N–H and O–H groups in total. The van der Waals surface area contributed by atoms with Gasteiger partial charge in [0.1, 0.15) is 11.6 Å². The Balaban J connectivity index is 2.45. The van der Waals surface area contributed by atoms with Gasteiger partial charge in [-0.3, -0.25) is 5.41 Å². The number of hydrogen-bond donors (Lipinski definition) is 3. The van der Waals surface area contributed by atoms with E-state index in [2.05, 4.69) is 0 Å². The van der Waals surface area contributed by atoms with Crippen LogP contribution in [0.3, 0.4) is 0 Å². The molecule has 16 heavy (non-hydrogen) atoms. The van der Waals surface area contributed by atoms with Crippen molar-refractivity contribution < 1.29 is 5.11 Å². The largest absolute Gasteiger partial charge is 0.508 e. The summed E-state index contributed by atoms with van der Waals surface area (Å²) in [6.07, 6.45) is 3.72. The quantitative estimate of drug-likeness (QED) is 0.527. The van der Waals surface area contributed by atoms with E-state index in [4.69, 9.17) is 11.1 Å². The Morgan fingerprint density at radius 1 is 1.25 bits per heavy atom. The lowest BCUT2D eigenvalue weighted by molar-refractivity contribution is 0.475. The summed E-state index contributed by atoms with van der Waals surface area (Å²) in [4.78, 5) is 0. The Morgan fingerprint density at radius 2 is 1.88 bits per heavy atom. The Bertz CT molecular complexity index is 526. The molecular formula is C12H13N3O. The van der Waals surface area contributed by atoms with Crippen LogP contribution in [0.25, 0.3) is 5.69 Å². The number of phenols is 1. The highest BCUT2D eigenvalue weighted by Gasteiger charge is 2.06. The molecule has 0 bridgehead atoms. The number of aryl methyl sites for hydroxylation is 1. The molecule has 0 amide bonds. The number of nitrogens with one attached hydrogen (secondary N) is 1. The van der Waals surface area contributed by atoms with Crippen LogP contribution < -0.4 is 5.73 Å². The van der Waals surface area contributed by atoms with Gasteiger partial charge in [-0.15, -0.1) is 0 Å². The Kier molecular flexibility index (Phi) is 2.40. The van der Waals surface area contributed by atoms with Gasteiger partial charge in [0.05, 0.1) is 0 Å². The standard InChI is InChI=1S/C12H13N3O/c1-8-6-15(7-11(8)12(13)14)9-2-4-10(16)5-3-9/h2-7,16H,1H3,(H3,13,14). The van der Waals surface area contributed by atoms with Crippen LogP contribution in [-0.4, -0.2) is 15.5 Å². The van der Waals surface area contributed by atoms with E-state index in [0.717, 1.165) is 16.8 Å². The maximum Gasteiger partial charge on any atom is 0.124 e. The topological polar surface area (TPSA) is 75.0 Å². The minimum absolute atomic E-state index is 0.0648. The number of aromatic hydroxyl groups is 1. The first-order chi connectivity index (χ1) is 7.58. The van der Waals surface area contributed by atoms with E-state index in [9.17, 15) is 5.11 Å². The van der Waals surface area contributed by atoms with Gasteiger partial charge in [-0.2, -0.15) is 0 Å². The molecule has 1 aromatic carbocycles. The van der Waals surface area contributed by atoms with Crippen LogP contribution >= 0.6 is 0 Å². The van der Waals surface area contributed by atoms with Crippen LogP contribution in [0, 0.1) is 12.3 Å². The molecule has 4 heteroatoms. The average Bonchev–Trinajstić information content (AvgIpc) is 2.61. The summed E-state index contributed by atoms with van der Waals surface area (Å²) in [7, 11) is 0. The van der Waals surface area contributed by atoms with E-state index in [1.54, 1.807) is 24.3 Å². The first kappa shape index (κ1) is 10.3. The van der Waals surface area contributed by atoms with Gasteiger partial charge in [0.2, 0.25) is 0 Å². The summed E-state index contributed by atoms with van der Waals surface area (Å²) in [6, 6.07) is 6.85. The van der Waals surface area contributed by atoms with Crippen molar-refractivity contribution in [3.8, 4) is 11.4 Å². The Hall–Kier alpha value is -2.23. The maximum atomic E-state index is 9.19. The van der Waals surface area contributed by atoms with Crippen molar-refractivity contribution in [2.75, 3.05) is 0 Å². The molecule has 2 aromatic rings. The number of hydrogen-bond acceptors (Lipinski definition) is 2. The summed E-state index contributed by atoms with van der Waals surface area (Å²) in [6.45, 7) is 1.91. The number of nitrogens with zero attached hydrogens (tertiary/aromatic N) is 1. The molecule has 0 saturated carbocycles. The fourth-order valence-corrected chi connectivity index (χ4v) is 1.61. The van der Waals surface area contributed by atoms with E-state index in [0.29, 0.717) is 0 Å². The fraction of sp³-hybridized carbons (Fsp3) is 0.0833. The predicted molar refractivity (Wildman–Crippen MR) is 63.2 cm³/mol. The highest BCUT2D eigenvalue weighted by molar-refractivity contribution is 5.96. The van der Waals surface area contributed by atoms with Gasteiger partial charge in [-0.05, 0) is 36.8 Å². The van der Waals surface area contributed by atoms with Crippen LogP contribution in [0.15, 0.2) is 36.7 Å². The third kappa shape index (κ3) is 1.77. The molecule has 0 saturated heterocycles. The second-order valence-electron chi connectivity index (χ2n) is 3.69. The Morgan fingerprint density at radius 3 is 2.38 bits per heavy atom. The molecule has 0 spiro atoms. The molecule has 1 aromatic heterocycles. The van der Waals surface area contributed by atoms with Crippen molar-refractivity contribution in [2.24, 2.45) is 5.73 Å². The second-order valence-corrected chi connectivity index (χ2v) is 3.69. The summed E-state index contributed by atoms with van der Waals surface area (Å²) in [5.74, 6) is 0.300. The molecule has 1 heterocycles. The van der Waals surface area contributed by atoms with E-state index < -0.39 is 0 Å². The van der Waals surface area contributed by atoms with E-state index >= 15 is 0 Å². The average molecular weight is 215 g/mol. The molecule has 82 valence electrons. The van der Waals surface area contributed by atoms with Gasteiger partial charge >= 0.3 is 0 Å². The van der Waals surface area contributed by atoms with E-state index in [1.807, 2.05) is 23.9 Å². The molecule has 0 aliphatic carbocycles. The number of nitrogens with two attached hydrogens (primary N) is 1. The van der Waals surface area contributed by atoms with Crippen LogP contribution in [0.4, 0.5) is 0 Å². The van der Waals surface area contributed by atoms with Crippen molar-refractivity contribution in [2.45, 2.75) is 6.92 Å². The van der Waals surface area contributed by atoms with Crippen LogP contribution in [0.5, 0.6) is 5.75 Å². The van der Waals surface area contributed by atoms with Gasteiger partial charge in [0.25, 0.3) is 0 Å². The van der Waals surface area contributed by atoms with E-state index in [1.165, 1.54) is 0 Å². The lowest BCUT2D eigenvalue weighted by Crippen LogP contribution is -2.11. The molecule has 4 nitrogen and oxygen atoms in total. The van der Waals surface area contributed by atoms with Gasteiger partial charge in [-0.1, -0.05) is 0 Å². The smallest absolute Gasteiger partial charge is 0.124 e. The number of amidine groups is 1. The minimum Gasteiger partial charge on any atom is -0.508 e. The zero-order valence-electron chi connectivity index (χ0n) is 8.94. The third-order valence-electron chi connectivity index (χ3n) is 2.46. The number of rotatable bonds is 2. The summed E-state index contributed by atoms with van der Waals surface area (Å²) >= 11 is 0. The summed E-state index contributed by atoms with van der Waals surface area (Å²) in [5, 5.41) is 16.6. The van der Waals surface area contributed by atoms with Crippen molar-refractivity contribution in [1.82, 2.24) is 4.57 Å². The molecule has 0 radical (unpaired) electrons. The van der Waals surface area contributed by atoms with Gasteiger partial charge < -0.3 is 15.4 Å². The molecule has 2 rings (SSSR count). The first-order valence-corrected chi connectivity index (χ1v) is 4.90. The molecule has 0 atom stereocenters. The SMILES string of the molecule is Cc1cn(-c2ccc(O)cc2)cc1C(=N)N. The summed E-state index contributed by atoms with van der Waals surface area (Å²) in [5.41, 5.74) is 8.07. The zero-order valence-corrected chi connectivity index (χ0v) is 8.94. The van der Waals surface area contributed by atoms with Crippen molar-refractivity contribution in [3.63, 3.8) is 0 Å². The van der Waals surface area contributed by atoms with Crippen molar-refractivity contribution >= 4 is 5.84 Å². The summed E-state index contributed by atoms with van der Waals surface area (Å²) < 4.78 is 1.88. The zero-order chi connectivity index (χ0) is 11.7.